The van der Waals surface area contributed by atoms with Crippen LogP contribution in [0.1, 0.15) is 21.5 Å². The Labute approximate surface area is 127 Å². The zero-order chi connectivity index (χ0) is 16.3. The van der Waals surface area contributed by atoms with Crippen LogP contribution in [0.4, 0.5) is 5.69 Å². The van der Waals surface area contributed by atoms with E-state index in [9.17, 15) is 14.9 Å². The van der Waals surface area contributed by atoms with Crippen LogP contribution in [-0.4, -0.2) is 18.0 Å². The molecule has 0 spiro atoms. The van der Waals surface area contributed by atoms with Gasteiger partial charge in [0.25, 0.3) is 0 Å². The molecular weight excluding hydrogens is 286 g/mol. The maximum absolute atomic E-state index is 12.1. The summed E-state index contributed by atoms with van der Waals surface area (Å²) in [4.78, 5) is 22.5. The number of hydrogen-bond donors (Lipinski definition) is 0. The number of benzene rings is 2. The van der Waals surface area contributed by atoms with Crippen molar-refractivity contribution in [3.63, 3.8) is 0 Å². The van der Waals surface area contributed by atoms with Crippen LogP contribution in [0.2, 0.25) is 0 Å². The Balaban J connectivity index is 2.29. The molecule has 0 saturated heterocycles. The summed E-state index contributed by atoms with van der Waals surface area (Å²) in [6.45, 7) is 3.78. The highest BCUT2D eigenvalue weighted by Gasteiger charge is 2.19. The normalized spacial score (nSPS) is 10.1. The average Bonchev–Trinajstić information content (AvgIpc) is 2.45. The third-order valence-corrected chi connectivity index (χ3v) is 3.02. The summed E-state index contributed by atoms with van der Waals surface area (Å²) in [6.07, 6.45) is 0. The number of esters is 1. The van der Waals surface area contributed by atoms with Crippen LogP contribution in [0.3, 0.4) is 0 Å². The number of hydrogen-bond acceptors (Lipinski definition) is 5. The fourth-order valence-corrected chi connectivity index (χ4v) is 2.12. The summed E-state index contributed by atoms with van der Waals surface area (Å²) >= 11 is 0. The first-order valence-electron chi connectivity index (χ1n) is 6.53. The Hall–Kier alpha value is -2.89. The van der Waals surface area contributed by atoms with Crippen LogP contribution >= 0.6 is 0 Å². The van der Waals surface area contributed by atoms with E-state index in [1.54, 1.807) is 12.1 Å². The third kappa shape index (κ3) is 3.41. The minimum Gasteiger partial charge on any atom is -0.490 e. The monoisotopic (exact) mass is 301 g/mol. The molecule has 0 N–H and O–H groups in total. The van der Waals surface area contributed by atoms with Gasteiger partial charge in [-0.05, 0) is 49.2 Å². The first-order valence-corrected chi connectivity index (χ1v) is 6.53. The second-order valence-corrected chi connectivity index (χ2v) is 4.86. The van der Waals surface area contributed by atoms with Gasteiger partial charge >= 0.3 is 11.7 Å². The SMILES string of the molecule is COc1ccc(C(=O)Oc2cc(C)cc(C)c2)cc1[N+](=O)[O-]. The van der Waals surface area contributed by atoms with Crippen molar-refractivity contribution in [3.05, 3.63) is 63.2 Å². The van der Waals surface area contributed by atoms with Gasteiger partial charge in [-0.25, -0.2) is 4.79 Å². The van der Waals surface area contributed by atoms with Crippen LogP contribution in [-0.2, 0) is 0 Å². The molecule has 0 amide bonds. The minimum atomic E-state index is -0.657. The van der Waals surface area contributed by atoms with E-state index in [4.69, 9.17) is 9.47 Å². The van der Waals surface area contributed by atoms with Gasteiger partial charge in [0.05, 0.1) is 17.6 Å². The smallest absolute Gasteiger partial charge is 0.343 e. The van der Waals surface area contributed by atoms with E-state index in [1.807, 2.05) is 19.9 Å². The fraction of sp³-hybridized carbons (Fsp3) is 0.188. The lowest BCUT2D eigenvalue weighted by Crippen LogP contribution is -2.09. The highest BCUT2D eigenvalue weighted by molar-refractivity contribution is 5.92. The van der Waals surface area contributed by atoms with Crippen LogP contribution in [0, 0.1) is 24.0 Å². The van der Waals surface area contributed by atoms with Gasteiger partial charge in [-0.1, -0.05) is 6.07 Å². The minimum absolute atomic E-state index is 0.0895. The van der Waals surface area contributed by atoms with E-state index in [1.165, 1.54) is 19.2 Å². The molecule has 0 aliphatic rings. The Kier molecular flexibility index (Phi) is 4.41. The Morgan fingerprint density at radius 1 is 1.09 bits per heavy atom. The predicted molar refractivity (Wildman–Crippen MR) is 80.5 cm³/mol. The second-order valence-electron chi connectivity index (χ2n) is 4.86. The molecule has 0 radical (unpaired) electrons. The van der Waals surface area contributed by atoms with Gasteiger partial charge in [0, 0.05) is 6.07 Å². The van der Waals surface area contributed by atoms with E-state index in [0.29, 0.717) is 5.75 Å². The zero-order valence-electron chi connectivity index (χ0n) is 12.5. The van der Waals surface area contributed by atoms with Crippen molar-refractivity contribution in [2.24, 2.45) is 0 Å². The molecule has 0 aliphatic heterocycles. The number of methoxy groups -OCH3 is 1. The molecule has 0 aromatic heterocycles. The molecule has 0 fully saturated rings. The zero-order valence-corrected chi connectivity index (χ0v) is 12.5. The molecule has 2 aromatic carbocycles. The maximum Gasteiger partial charge on any atom is 0.343 e. The summed E-state index contributed by atoms with van der Waals surface area (Å²) < 4.78 is 10.2. The Bertz CT molecular complexity index is 719. The summed E-state index contributed by atoms with van der Waals surface area (Å²) in [5.41, 5.74) is 1.73. The molecule has 114 valence electrons. The second kappa shape index (κ2) is 6.26. The van der Waals surface area contributed by atoms with Crippen molar-refractivity contribution in [1.29, 1.82) is 0 Å². The maximum atomic E-state index is 12.1. The van der Waals surface area contributed by atoms with Gasteiger partial charge in [-0.2, -0.15) is 0 Å². The molecule has 22 heavy (non-hydrogen) atoms. The van der Waals surface area contributed by atoms with Crippen molar-refractivity contribution in [3.8, 4) is 11.5 Å². The van der Waals surface area contributed by atoms with Crippen LogP contribution < -0.4 is 9.47 Å². The van der Waals surface area contributed by atoms with E-state index in [0.717, 1.165) is 17.2 Å². The van der Waals surface area contributed by atoms with E-state index < -0.39 is 10.9 Å². The Morgan fingerprint density at radius 2 is 1.73 bits per heavy atom. The first-order chi connectivity index (χ1) is 10.4. The lowest BCUT2D eigenvalue weighted by Gasteiger charge is -2.07. The summed E-state index contributed by atoms with van der Waals surface area (Å²) in [6, 6.07) is 9.35. The standard InChI is InChI=1S/C16H15NO5/c1-10-6-11(2)8-13(7-10)22-16(18)12-4-5-15(21-3)14(9-12)17(19)20/h4-9H,1-3H3. The fourth-order valence-electron chi connectivity index (χ4n) is 2.12. The average molecular weight is 301 g/mol. The van der Waals surface area contributed by atoms with Crippen LogP contribution in [0.25, 0.3) is 0 Å². The predicted octanol–water partition coefficient (Wildman–Crippen LogP) is 3.44. The highest BCUT2D eigenvalue weighted by Crippen LogP contribution is 2.28. The number of nitro benzene ring substituents is 1. The quantitative estimate of drug-likeness (QED) is 0.374. The molecular formula is C16H15NO5. The number of rotatable bonds is 4. The number of ether oxygens (including phenoxy) is 2. The molecule has 0 aliphatic carbocycles. The molecule has 0 saturated carbocycles. The molecule has 0 bridgehead atoms. The molecule has 6 nitrogen and oxygen atoms in total. The van der Waals surface area contributed by atoms with Crippen molar-refractivity contribution in [2.45, 2.75) is 13.8 Å². The largest absolute Gasteiger partial charge is 0.490 e. The van der Waals surface area contributed by atoms with Gasteiger partial charge in [0.2, 0.25) is 0 Å². The Morgan fingerprint density at radius 3 is 2.27 bits per heavy atom. The van der Waals surface area contributed by atoms with Gasteiger partial charge in [-0.3, -0.25) is 10.1 Å². The number of aryl methyl sites for hydroxylation is 2. The lowest BCUT2D eigenvalue weighted by atomic mass is 10.1. The molecule has 0 atom stereocenters. The number of nitrogens with zero attached hydrogens (tertiary/aromatic N) is 1. The van der Waals surface area contributed by atoms with Gasteiger partial charge in [-0.15, -0.1) is 0 Å². The number of carbonyl (C=O) groups excluding carboxylic acids is 1. The van der Waals surface area contributed by atoms with Crippen molar-refractivity contribution < 1.29 is 19.2 Å². The van der Waals surface area contributed by atoms with E-state index in [2.05, 4.69) is 0 Å². The summed E-state index contributed by atoms with van der Waals surface area (Å²) in [5, 5.41) is 11.0. The topological polar surface area (TPSA) is 78.7 Å². The van der Waals surface area contributed by atoms with E-state index in [-0.39, 0.29) is 17.0 Å². The first kappa shape index (κ1) is 15.5. The van der Waals surface area contributed by atoms with E-state index >= 15 is 0 Å². The number of carbonyl (C=O) groups is 1. The third-order valence-electron chi connectivity index (χ3n) is 3.02. The molecule has 2 aromatic rings. The molecule has 0 heterocycles. The van der Waals surface area contributed by atoms with Crippen LogP contribution in [0.15, 0.2) is 36.4 Å². The van der Waals surface area contributed by atoms with Gasteiger partial charge < -0.3 is 9.47 Å². The molecule has 2 rings (SSSR count). The molecule has 6 heteroatoms. The van der Waals surface area contributed by atoms with Crippen molar-refractivity contribution in [1.82, 2.24) is 0 Å². The van der Waals surface area contributed by atoms with Gasteiger partial charge in [0.1, 0.15) is 5.75 Å². The van der Waals surface area contributed by atoms with Gasteiger partial charge in [0.15, 0.2) is 5.75 Å². The van der Waals surface area contributed by atoms with Crippen LogP contribution in [0.5, 0.6) is 11.5 Å². The van der Waals surface area contributed by atoms with Crippen molar-refractivity contribution >= 4 is 11.7 Å². The summed E-state index contributed by atoms with van der Waals surface area (Å²) in [7, 11) is 1.33. The van der Waals surface area contributed by atoms with Crippen molar-refractivity contribution in [2.75, 3.05) is 7.11 Å². The molecule has 0 unspecified atom stereocenters. The lowest BCUT2D eigenvalue weighted by molar-refractivity contribution is -0.385. The summed E-state index contributed by atoms with van der Waals surface area (Å²) in [5.74, 6) is -0.162. The number of nitro groups is 1. The highest BCUT2D eigenvalue weighted by atomic mass is 16.6.